The van der Waals surface area contributed by atoms with Crippen LogP contribution in [0.4, 0.5) is 5.82 Å². The molecule has 27 heavy (non-hydrogen) atoms. The lowest BCUT2D eigenvalue weighted by atomic mass is 10.1. The number of rotatable bonds is 7. The third kappa shape index (κ3) is 5.01. The molecule has 140 valence electrons. The van der Waals surface area contributed by atoms with E-state index >= 15 is 0 Å². The van der Waals surface area contributed by atoms with Gasteiger partial charge in [-0.3, -0.25) is 9.69 Å². The summed E-state index contributed by atoms with van der Waals surface area (Å²) in [5.74, 6) is 1.44. The van der Waals surface area contributed by atoms with E-state index in [1.165, 1.54) is 0 Å². The van der Waals surface area contributed by atoms with Gasteiger partial charge >= 0.3 is 0 Å². The zero-order valence-electron chi connectivity index (χ0n) is 16.0. The maximum absolute atomic E-state index is 12.6. The highest BCUT2D eigenvalue weighted by Gasteiger charge is 2.10. The zero-order chi connectivity index (χ0) is 19.2. The van der Waals surface area contributed by atoms with Crippen LogP contribution in [-0.2, 0) is 26.6 Å². The fourth-order valence-corrected chi connectivity index (χ4v) is 2.90. The van der Waals surface area contributed by atoms with Crippen molar-refractivity contribution >= 4 is 11.7 Å². The lowest BCUT2D eigenvalue weighted by Gasteiger charge is -2.17. The Balaban J connectivity index is 1.65. The summed E-state index contributed by atoms with van der Waals surface area (Å²) in [4.78, 5) is 23.5. The molecule has 0 aliphatic heterocycles. The average molecular weight is 363 g/mol. The smallest absolute Gasteiger partial charge is 0.256 e. The predicted molar refractivity (Wildman–Crippen MR) is 106 cm³/mol. The molecule has 6 heteroatoms. The Bertz CT molecular complexity index is 918. The van der Waals surface area contributed by atoms with Crippen LogP contribution in [0, 0.1) is 0 Å². The number of pyridine rings is 1. The van der Waals surface area contributed by atoms with Gasteiger partial charge in [0.05, 0.1) is 6.54 Å². The summed E-state index contributed by atoms with van der Waals surface area (Å²) in [6.07, 6.45) is 4.58. The van der Waals surface area contributed by atoms with E-state index in [0.29, 0.717) is 11.4 Å². The maximum Gasteiger partial charge on any atom is 0.256 e. The van der Waals surface area contributed by atoms with Crippen LogP contribution >= 0.6 is 0 Å². The minimum Gasteiger partial charge on any atom is -0.337 e. The zero-order valence-corrected chi connectivity index (χ0v) is 16.0. The number of nitrogens with zero attached hydrogens (tertiary/aromatic N) is 4. The molecule has 0 spiro atoms. The highest BCUT2D eigenvalue weighted by molar-refractivity contribution is 6.03. The molecule has 0 atom stereocenters. The second-order valence-corrected chi connectivity index (χ2v) is 6.65. The molecule has 0 saturated heterocycles. The number of carbonyl (C=O) groups is 1. The minimum atomic E-state index is -0.149. The summed E-state index contributed by atoms with van der Waals surface area (Å²) >= 11 is 0. The lowest BCUT2D eigenvalue weighted by Crippen LogP contribution is -2.20. The molecule has 0 aliphatic rings. The Kier molecular flexibility index (Phi) is 5.98. The van der Waals surface area contributed by atoms with Crippen LogP contribution < -0.4 is 5.32 Å². The first-order chi connectivity index (χ1) is 13.0. The summed E-state index contributed by atoms with van der Waals surface area (Å²) in [5.41, 5.74) is 2.66. The topological polar surface area (TPSA) is 63.1 Å². The van der Waals surface area contributed by atoms with E-state index in [9.17, 15) is 4.79 Å². The molecule has 2 heterocycles. The quantitative estimate of drug-likeness (QED) is 0.700. The van der Waals surface area contributed by atoms with Crippen molar-refractivity contribution in [2.75, 3.05) is 12.4 Å². The van der Waals surface area contributed by atoms with Gasteiger partial charge in [0, 0.05) is 37.2 Å². The van der Waals surface area contributed by atoms with Crippen molar-refractivity contribution in [2.24, 2.45) is 7.05 Å². The molecule has 0 saturated carbocycles. The summed E-state index contributed by atoms with van der Waals surface area (Å²) in [6, 6.07) is 13.4. The van der Waals surface area contributed by atoms with E-state index in [1.54, 1.807) is 6.20 Å². The van der Waals surface area contributed by atoms with Crippen LogP contribution in [0.5, 0.6) is 0 Å². The summed E-state index contributed by atoms with van der Waals surface area (Å²) in [6.45, 7) is 3.52. The standard InChI is InChI=1S/C21H25N5O/c1-4-18-9-6-10-19(23-18)24-21(27)17-8-5-7-16(13-17)14-25(2)15-20-22-11-12-26(20)3/h5-13H,4,14-15H2,1-3H3,(H,23,24,27). The van der Waals surface area contributed by atoms with Gasteiger partial charge in [-0.25, -0.2) is 9.97 Å². The van der Waals surface area contributed by atoms with E-state index in [0.717, 1.165) is 36.6 Å². The summed E-state index contributed by atoms with van der Waals surface area (Å²) in [7, 11) is 4.03. The normalized spacial score (nSPS) is 11.0. The first-order valence-electron chi connectivity index (χ1n) is 9.06. The predicted octanol–water partition coefficient (Wildman–Crippen LogP) is 3.26. The highest BCUT2D eigenvalue weighted by Crippen LogP contribution is 2.12. The van der Waals surface area contributed by atoms with Crippen molar-refractivity contribution in [3.63, 3.8) is 0 Å². The van der Waals surface area contributed by atoms with Gasteiger partial charge in [0.1, 0.15) is 11.6 Å². The molecule has 0 aliphatic carbocycles. The van der Waals surface area contributed by atoms with Crippen LogP contribution in [0.25, 0.3) is 0 Å². The number of aryl methyl sites for hydroxylation is 2. The van der Waals surface area contributed by atoms with Crippen LogP contribution in [0.15, 0.2) is 54.9 Å². The van der Waals surface area contributed by atoms with Gasteiger partial charge in [0.25, 0.3) is 5.91 Å². The number of hydrogen-bond donors (Lipinski definition) is 1. The summed E-state index contributed by atoms with van der Waals surface area (Å²) in [5, 5.41) is 2.88. The molecule has 1 aromatic carbocycles. The molecule has 0 bridgehead atoms. The van der Waals surface area contributed by atoms with Crippen LogP contribution in [0.2, 0.25) is 0 Å². The van der Waals surface area contributed by atoms with E-state index in [4.69, 9.17) is 0 Å². The number of anilines is 1. The summed E-state index contributed by atoms with van der Waals surface area (Å²) < 4.78 is 2.01. The molecule has 0 radical (unpaired) electrons. The number of nitrogens with one attached hydrogen (secondary N) is 1. The molecule has 0 unspecified atom stereocenters. The molecule has 1 amide bonds. The number of imidazole rings is 1. The molecular weight excluding hydrogens is 338 g/mol. The van der Waals surface area contributed by atoms with E-state index < -0.39 is 0 Å². The average Bonchev–Trinajstić information content (AvgIpc) is 3.06. The Morgan fingerprint density at radius 3 is 2.74 bits per heavy atom. The molecular formula is C21H25N5O. The molecule has 1 N–H and O–H groups in total. The number of carbonyl (C=O) groups excluding carboxylic acids is 1. The second kappa shape index (κ2) is 8.60. The van der Waals surface area contributed by atoms with E-state index in [1.807, 2.05) is 74.2 Å². The SMILES string of the molecule is CCc1cccc(NC(=O)c2cccc(CN(C)Cc3nccn3C)c2)n1. The van der Waals surface area contributed by atoms with Gasteiger partial charge in [-0.1, -0.05) is 25.1 Å². The van der Waals surface area contributed by atoms with Crippen LogP contribution in [0.3, 0.4) is 0 Å². The molecule has 3 aromatic rings. The van der Waals surface area contributed by atoms with Crippen LogP contribution in [0.1, 0.15) is 34.4 Å². The molecule has 6 nitrogen and oxygen atoms in total. The highest BCUT2D eigenvalue weighted by atomic mass is 16.1. The first kappa shape index (κ1) is 18.8. The molecule has 0 fully saturated rings. The van der Waals surface area contributed by atoms with Crippen molar-refractivity contribution in [1.82, 2.24) is 19.4 Å². The number of aromatic nitrogens is 3. The third-order valence-electron chi connectivity index (χ3n) is 4.38. The van der Waals surface area contributed by atoms with Crippen molar-refractivity contribution in [2.45, 2.75) is 26.4 Å². The lowest BCUT2D eigenvalue weighted by molar-refractivity contribution is 0.102. The monoisotopic (exact) mass is 363 g/mol. The fourth-order valence-electron chi connectivity index (χ4n) is 2.90. The number of benzene rings is 1. The third-order valence-corrected chi connectivity index (χ3v) is 4.38. The van der Waals surface area contributed by atoms with Gasteiger partial charge in [0.2, 0.25) is 0 Å². The minimum absolute atomic E-state index is 0.149. The van der Waals surface area contributed by atoms with Gasteiger partial charge < -0.3 is 9.88 Å². The Hall–Kier alpha value is -2.99. The van der Waals surface area contributed by atoms with Crippen LogP contribution in [-0.4, -0.2) is 32.4 Å². The number of hydrogen-bond acceptors (Lipinski definition) is 4. The molecule has 3 rings (SSSR count). The Morgan fingerprint density at radius 2 is 2.00 bits per heavy atom. The van der Waals surface area contributed by atoms with E-state index in [2.05, 4.69) is 20.2 Å². The van der Waals surface area contributed by atoms with Gasteiger partial charge in [0.15, 0.2) is 0 Å². The molecule has 2 aromatic heterocycles. The Morgan fingerprint density at radius 1 is 1.19 bits per heavy atom. The van der Waals surface area contributed by atoms with Gasteiger partial charge in [-0.05, 0) is 43.3 Å². The van der Waals surface area contributed by atoms with E-state index in [-0.39, 0.29) is 5.91 Å². The second-order valence-electron chi connectivity index (χ2n) is 6.65. The Labute approximate surface area is 159 Å². The van der Waals surface area contributed by atoms with Crippen molar-refractivity contribution in [3.8, 4) is 0 Å². The van der Waals surface area contributed by atoms with Crippen molar-refractivity contribution in [1.29, 1.82) is 0 Å². The first-order valence-corrected chi connectivity index (χ1v) is 9.06. The number of amides is 1. The van der Waals surface area contributed by atoms with Crippen molar-refractivity contribution in [3.05, 3.63) is 77.5 Å². The van der Waals surface area contributed by atoms with Gasteiger partial charge in [-0.2, -0.15) is 0 Å². The van der Waals surface area contributed by atoms with Crippen molar-refractivity contribution < 1.29 is 4.79 Å². The maximum atomic E-state index is 12.6. The largest absolute Gasteiger partial charge is 0.337 e. The fraction of sp³-hybridized carbons (Fsp3) is 0.286. The van der Waals surface area contributed by atoms with Gasteiger partial charge in [-0.15, -0.1) is 0 Å².